The van der Waals surface area contributed by atoms with Crippen molar-refractivity contribution in [3.05, 3.63) is 54.1 Å². The molecule has 0 aromatic heterocycles. The number of aryl methyl sites for hydroxylation is 1. The van der Waals surface area contributed by atoms with Gasteiger partial charge in [0.05, 0.1) is 17.2 Å². The molecule has 0 N–H and O–H groups in total. The van der Waals surface area contributed by atoms with Crippen LogP contribution in [-0.4, -0.2) is 21.6 Å². The lowest BCUT2D eigenvalue weighted by Crippen LogP contribution is -2.30. The highest BCUT2D eigenvalue weighted by Gasteiger charge is 2.24. The number of hydrogen-bond acceptors (Lipinski definition) is 3. The van der Waals surface area contributed by atoms with E-state index in [2.05, 4.69) is 0 Å². The van der Waals surface area contributed by atoms with Crippen LogP contribution in [0.2, 0.25) is 0 Å². The predicted molar refractivity (Wildman–Crippen MR) is 110 cm³/mol. The molecule has 1 fully saturated rings. The molecule has 0 spiro atoms. The Balaban J connectivity index is 1.79. The summed E-state index contributed by atoms with van der Waals surface area (Å²) in [7, 11) is -3.60. The van der Waals surface area contributed by atoms with E-state index < -0.39 is 10.0 Å². The molecule has 1 aliphatic carbocycles. The van der Waals surface area contributed by atoms with Gasteiger partial charge in [0.2, 0.25) is 0 Å². The van der Waals surface area contributed by atoms with Crippen LogP contribution in [0.5, 0.6) is 5.75 Å². The predicted octanol–water partition coefficient (Wildman–Crippen LogP) is 5.17. The third-order valence-corrected chi connectivity index (χ3v) is 7.08. The van der Waals surface area contributed by atoms with Gasteiger partial charge in [0, 0.05) is 12.6 Å². The first kappa shape index (κ1) is 19.7. The molecule has 5 heteroatoms. The molecule has 3 rings (SSSR count). The SMILES string of the molecule is CCN(c1cccc(OCC2CCCCC2)c1)S(=O)(=O)c1cccc(C)c1. The van der Waals surface area contributed by atoms with Gasteiger partial charge in [0.25, 0.3) is 10.0 Å². The Bertz CT molecular complexity index is 857. The summed E-state index contributed by atoms with van der Waals surface area (Å²) in [6.45, 7) is 4.82. The largest absolute Gasteiger partial charge is 0.493 e. The van der Waals surface area contributed by atoms with Crippen molar-refractivity contribution in [2.45, 2.75) is 50.8 Å². The number of nitrogens with zero attached hydrogens (tertiary/aromatic N) is 1. The lowest BCUT2D eigenvalue weighted by Gasteiger charge is -2.24. The standard InChI is InChI=1S/C22H29NO3S/c1-3-23(27(24,25)22-14-7-9-18(2)15-22)20-12-8-13-21(16-20)26-17-19-10-5-4-6-11-19/h7-9,12-16,19H,3-6,10-11,17H2,1-2H3. The monoisotopic (exact) mass is 387 g/mol. The minimum absolute atomic E-state index is 0.317. The van der Waals surface area contributed by atoms with Crippen LogP contribution < -0.4 is 9.04 Å². The average Bonchev–Trinajstić information content (AvgIpc) is 2.68. The Morgan fingerprint density at radius 2 is 1.78 bits per heavy atom. The van der Waals surface area contributed by atoms with Crippen molar-refractivity contribution in [2.24, 2.45) is 5.92 Å². The van der Waals surface area contributed by atoms with E-state index in [1.54, 1.807) is 18.2 Å². The van der Waals surface area contributed by atoms with Crippen LogP contribution in [0.1, 0.15) is 44.6 Å². The van der Waals surface area contributed by atoms with Gasteiger partial charge in [-0.3, -0.25) is 4.31 Å². The first-order valence-corrected chi connectivity index (χ1v) is 11.3. The average molecular weight is 388 g/mol. The maximum Gasteiger partial charge on any atom is 0.264 e. The highest BCUT2D eigenvalue weighted by atomic mass is 32.2. The van der Waals surface area contributed by atoms with E-state index in [0.717, 1.165) is 11.3 Å². The van der Waals surface area contributed by atoms with E-state index >= 15 is 0 Å². The summed E-state index contributed by atoms with van der Waals surface area (Å²) in [5.41, 5.74) is 1.57. The van der Waals surface area contributed by atoms with E-state index in [4.69, 9.17) is 4.74 Å². The first-order chi connectivity index (χ1) is 13.0. The summed E-state index contributed by atoms with van der Waals surface area (Å²) in [4.78, 5) is 0.317. The lowest BCUT2D eigenvalue weighted by atomic mass is 9.90. The van der Waals surface area contributed by atoms with Gasteiger partial charge < -0.3 is 4.74 Å². The molecule has 0 heterocycles. The summed E-state index contributed by atoms with van der Waals surface area (Å²) >= 11 is 0. The van der Waals surface area contributed by atoms with Crippen LogP contribution in [0.25, 0.3) is 0 Å². The Labute approximate surface area is 163 Å². The molecular formula is C22H29NO3S. The maximum absolute atomic E-state index is 13.1. The maximum atomic E-state index is 13.1. The Morgan fingerprint density at radius 1 is 1.04 bits per heavy atom. The summed E-state index contributed by atoms with van der Waals surface area (Å²) in [6, 6.07) is 14.5. The van der Waals surface area contributed by atoms with Crippen molar-refractivity contribution < 1.29 is 13.2 Å². The number of hydrogen-bond donors (Lipinski definition) is 0. The number of rotatable bonds is 7. The molecule has 1 saturated carbocycles. The van der Waals surface area contributed by atoms with Crippen molar-refractivity contribution >= 4 is 15.7 Å². The number of benzene rings is 2. The molecular weight excluding hydrogens is 358 g/mol. The van der Waals surface area contributed by atoms with E-state index in [9.17, 15) is 8.42 Å². The van der Waals surface area contributed by atoms with Gasteiger partial charge in [-0.05, 0) is 62.4 Å². The molecule has 0 radical (unpaired) electrons. The minimum atomic E-state index is -3.60. The zero-order chi connectivity index (χ0) is 19.3. The number of sulfonamides is 1. The van der Waals surface area contributed by atoms with Crippen LogP contribution in [0.4, 0.5) is 5.69 Å². The molecule has 27 heavy (non-hydrogen) atoms. The molecule has 0 unspecified atom stereocenters. The zero-order valence-corrected chi connectivity index (χ0v) is 17.0. The third-order valence-electron chi connectivity index (χ3n) is 5.18. The second-order valence-electron chi connectivity index (χ2n) is 7.30. The van der Waals surface area contributed by atoms with E-state index in [-0.39, 0.29) is 0 Å². The van der Waals surface area contributed by atoms with Crippen LogP contribution in [0.3, 0.4) is 0 Å². The fourth-order valence-corrected chi connectivity index (χ4v) is 5.26. The lowest BCUT2D eigenvalue weighted by molar-refractivity contribution is 0.209. The Hall–Kier alpha value is -2.01. The van der Waals surface area contributed by atoms with E-state index in [1.807, 2.05) is 44.2 Å². The molecule has 1 aliphatic rings. The number of ether oxygens (including phenoxy) is 1. The molecule has 0 amide bonds. The van der Waals surface area contributed by atoms with Crippen molar-refractivity contribution in [3.8, 4) is 5.75 Å². The normalized spacial score (nSPS) is 15.5. The topological polar surface area (TPSA) is 46.6 Å². The number of anilines is 1. The molecule has 0 saturated heterocycles. The summed E-state index contributed by atoms with van der Waals surface area (Å²) in [6.07, 6.45) is 6.35. The third kappa shape index (κ3) is 4.83. The fraction of sp³-hybridized carbons (Fsp3) is 0.455. The quantitative estimate of drug-likeness (QED) is 0.658. The highest BCUT2D eigenvalue weighted by molar-refractivity contribution is 7.92. The van der Waals surface area contributed by atoms with Gasteiger partial charge in [-0.25, -0.2) is 8.42 Å². The van der Waals surface area contributed by atoms with Gasteiger partial charge >= 0.3 is 0 Å². The zero-order valence-electron chi connectivity index (χ0n) is 16.2. The van der Waals surface area contributed by atoms with Crippen molar-refractivity contribution in [2.75, 3.05) is 17.5 Å². The Kier molecular flexibility index (Phi) is 6.42. The van der Waals surface area contributed by atoms with Crippen LogP contribution >= 0.6 is 0 Å². The summed E-state index contributed by atoms with van der Waals surface area (Å²) < 4.78 is 33.7. The van der Waals surface area contributed by atoms with Crippen molar-refractivity contribution in [3.63, 3.8) is 0 Å². The molecule has 0 bridgehead atoms. The van der Waals surface area contributed by atoms with Gasteiger partial charge in [-0.1, -0.05) is 37.5 Å². The smallest absolute Gasteiger partial charge is 0.264 e. The molecule has 4 nitrogen and oxygen atoms in total. The van der Waals surface area contributed by atoms with Gasteiger partial charge in [0.15, 0.2) is 0 Å². The second kappa shape index (κ2) is 8.79. The first-order valence-electron chi connectivity index (χ1n) is 9.83. The van der Waals surface area contributed by atoms with E-state index in [1.165, 1.54) is 36.4 Å². The summed E-state index contributed by atoms with van der Waals surface area (Å²) in [5, 5.41) is 0. The van der Waals surface area contributed by atoms with Crippen molar-refractivity contribution in [1.82, 2.24) is 0 Å². The van der Waals surface area contributed by atoms with Gasteiger partial charge in [0.1, 0.15) is 5.75 Å². The van der Waals surface area contributed by atoms with E-state index in [0.29, 0.717) is 29.7 Å². The van der Waals surface area contributed by atoms with Crippen LogP contribution in [0.15, 0.2) is 53.4 Å². The molecule has 0 atom stereocenters. The highest BCUT2D eigenvalue weighted by Crippen LogP contribution is 2.29. The fourth-order valence-electron chi connectivity index (χ4n) is 3.69. The molecule has 2 aromatic rings. The second-order valence-corrected chi connectivity index (χ2v) is 9.16. The van der Waals surface area contributed by atoms with Crippen LogP contribution in [0, 0.1) is 12.8 Å². The van der Waals surface area contributed by atoms with Gasteiger partial charge in [-0.2, -0.15) is 0 Å². The van der Waals surface area contributed by atoms with Gasteiger partial charge in [-0.15, -0.1) is 0 Å². The minimum Gasteiger partial charge on any atom is -0.493 e. The molecule has 146 valence electrons. The summed E-state index contributed by atoms with van der Waals surface area (Å²) in [5.74, 6) is 1.34. The Morgan fingerprint density at radius 3 is 2.48 bits per heavy atom. The van der Waals surface area contributed by atoms with Crippen LogP contribution in [-0.2, 0) is 10.0 Å². The molecule has 2 aromatic carbocycles. The molecule has 0 aliphatic heterocycles. The van der Waals surface area contributed by atoms with Crippen molar-refractivity contribution in [1.29, 1.82) is 0 Å².